The first-order valence-electron chi connectivity index (χ1n) is 5.53. The highest BCUT2D eigenvalue weighted by Gasteiger charge is 2.37. The summed E-state index contributed by atoms with van der Waals surface area (Å²) in [7, 11) is 2.32. The summed E-state index contributed by atoms with van der Waals surface area (Å²) in [5, 5.41) is 0. The topological polar surface area (TPSA) is 3.24 Å². The molecule has 70 valence electrons. The highest BCUT2D eigenvalue weighted by atomic mass is 15.2. The zero-order valence-electron chi connectivity index (χ0n) is 8.42. The minimum Gasteiger partial charge on any atom is -0.300 e. The molecule has 2 saturated heterocycles. The zero-order valence-corrected chi connectivity index (χ0v) is 8.42. The fourth-order valence-electron chi connectivity index (χ4n) is 3.17. The molecule has 2 aliphatic rings. The van der Waals surface area contributed by atoms with E-state index < -0.39 is 0 Å². The molecule has 2 atom stereocenters. The van der Waals surface area contributed by atoms with Crippen LogP contribution in [0, 0.1) is 5.92 Å². The van der Waals surface area contributed by atoms with Gasteiger partial charge in [0.2, 0.25) is 0 Å². The fourth-order valence-corrected chi connectivity index (χ4v) is 3.17. The minimum atomic E-state index is 0.945. The molecule has 0 saturated carbocycles. The minimum absolute atomic E-state index is 0.945. The second-order valence-electron chi connectivity index (χ2n) is 4.68. The Morgan fingerprint density at radius 2 is 1.75 bits per heavy atom. The summed E-state index contributed by atoms with van der Waals surface area (Å²) >= 11 is 0. The molecule has 2 aliphatic heterocycles. The van der Waals surface area contributed by atoms with Crippen LogP contribution in [0.25, 0.3) is 0 Å². The van der Waals surface area contributed by atoms with Gasteiger partial charge >= 0.3 is 0 Å². The van der Waals surface area contributed by atoms with Crippen LogP contribution in [-0.4, -0.2) is 24.0 Å². The summed E-state index contributed by atoms with van der Waals surface area (Å²) in [5.41, 5.74) is 0. The molecular formula is C11H21N. The van der Waals surface area contributed by atoms with E-state index in [1.165, 1.54) is 38.5 Å². The van der Waals surface area contributed by atoms with E-state index in [-0.39, 0.29) is 0 Å². The molecule has 0 amide bonds. The van der Waals surface area contributed by atoms with Crippen LogP contribution in [0.1, 0.15) is 45.4 Å². The van der Waals surface area contributed by atoms with E-state index >= 15 is 0 Å². The third kappa shape index (κ3) is 1.39. The van der Waals surface area contributed by atoms with E-state index in [9.17, 15) is 0 Å². The van der Waals surface area contributed by atoms with Gasteiger partial charge in [-0.25, -0.2) is 0 Å². The van der Waals surface area contributed by atoms with Crippen molar-refractivity contribution in [2.75, 3.05) is 7.05 Å². The Hall–Kier alpha value is -0.0400. The Kier molecular flexibility index (Phi) is 2.40. The Labute approximate surface area is 76.1 Å². The number of nitrogens with zero attached hydrogens (tertiary/aromatic N) is 1. The Balaban J connectivity index is 1.93. The normalized spacial score (nSPS) is 42.0. The molecule has 2 rings (SSSR count). The summed E-state index contributed by atoms with van der Waals surface area (Å²) < 4.78 is 0. The van der Waals surface area contributed by atoms with Gasteiger partial charge in [-0.2, -0.15) is 0 Å². The second-order valence-corrected chi connectivity index (χ2v) is 4.68. The highest BCUT2D eigenvalue weighted by molar-refractivity contribution is 4.92. The predicted octanol–water partition coefficient (Wildman–Crippen LogP) is 2.66. The average molecular weight is 167 g/mol. The lowest BCUT2D eigenvalue weighted by Gasteiger charge is -2.36. The van der Waals surface area contributed by atoms with E-state index in [0.29, 0.717) is 0 Å². The Morgan fingerprint density at radius 1 is 1.17 bits per heavy atom. The van der Waals surface area contributed by atoms with Gasteiger partial charge in [-0.1, -0.05) is 19.8 Å². The van der Waals surface area contributed by atoms with Crippen molar-refractivity contribution in [2.45, 2.75) is 57.5 Å². The molecule has 0 aliphatic carbocycles. The number of piperidine rings is 1. The van der Waals surface area contributed by atoms with Crippen molar-refractivity contribution in [3.05, 3.63) is 0 Å². The van der Waals surface area contributed by atoms with Crippen LogP contribution < -0.4 is 0 Å². The lowest BCUT2D eigenvalue weighted by Crippen LogP contribution is -2.39. The van der Waals surface area contributed by atoms with Gasteiger partial charge in [0.25, 0.3) is 0 Å². The number of fused-ring (bicyclic) bond motifs is 2. The molecule has 2 fully saturated rings. The van der Waals surface area contributed by atoms with Crippen LogP contribution in [0.15, 0.2) is 0 Å². The molecule has 0 N–H and O–H groups in total. The van der Waals surface area contributed by atoms with Gasteiger partial charge in [0.05, 0.1) is 0 Å². The lowest BCUT2D eigenvalue weighted by molar-refractivity contribution is 0.129. The summed E-state index contributed by atoms with van der Waals surface area (Å²) in [5.74, 6) is 1.06. The molecule has 2 bridgehead atoms. The van der Waals surface area contributed by atoms with Gasteiger partial charge in [-0.3, -0.25) is 0 Å². The summed E-state index contributed by atoms with van der Waals surface area (Å²) in [6.07, 6.45) is 8.78. The van der Waals surface area contributed by atoms with E-state index in [4.69, 9.17) is 0 Å². The van der Waals surface area contributed by atoms with Crippen molar-refractivity contribution < 1.29 is 0 Å². The van der Waals surface area contributed by atoms with Gasteiger partial charge in [0, 0.05) is 12.1 Å². The van der Waals surface area contributed by atoms with Crippen molar-refractivity contribution in [3.63, 3.8) is 0 Å². The van der Waals surface area contributed by atoms with Crippen LogP contribution in [0.2, 0.25) is 0 Å². The van der Waals surface area contributed by atoms with Gasteiger partial charge in [0.1, 0.15) is 0 Å². The third-order valence-corrected chi connectivity index (χ3v) is 3.89. The van der Waals surface area contributed by atoms with Crippen molar-refractivity contribution in [1.82, 2.24) is 4.90 Å². The maximum atomic E-state index is 2.63. The Bertz CT molecular complexity index is 141. The molecule has 0 aromatic carbocycles. The molecule has 0 spiro atoms. The van der Waals surface area contributed by atoms with Crippen LogP contribution in [0.3, 0.4) is 0 Å². The van der Waals surface area contributed by atoms with Crippen molar-refractivity contribution in [3.8, 4) is 0 Å². The number of hydrogen-bond donors (Lipinski definition) is 0. The SMILES string of the molecule is CCCC1CC2CCC(C1)N2C. The van der Waals surface area contributed by atoms with E-state index in [1.807, 2.05) is 0 Å². The van der Waals surface area contributed by atoms with E-state index in [1.54, 1.807) is 0 Å². The molecule has 1 heteroatoms. The molecule has 2 unspecified atom stereocenters. The van der Waals surface area contributed by atoms with Crippen LogP contribution in [0.5, 0.6) is 0 Å². The van der Waals surface area contributed by atoms with Gasteiger partial charge in [-0.15, -0.1) is 0 Å². The largest absolute Gasteiger partial charge is 0.300 e. The maximum absolute atomic E-state index is 2.63. The molecular weight excluding hydrogens is 146 g/mol. The summed E-state index contributed by atoms with van der Waals surface area (Å²) in [6.45, 7) is 2.32. The first kappa shape index (κ1) is 8.55. The molecule has 0 aromatic rings. The molecule has 2 heterocycles. The van der Waals surface area contributed by atoms with Gasteiger partial charge in [-0.05, 0) is 38.6 Å². The van der Waals surface area contributed by atoms with Crippen molar-refractivity contribution in [2.24, 2.45) is 5.92 Å². The van der Waals surface area contributed by atoms with Gasteiger partial charge < -0.3 is 4.90 Å². The van der Waals surface area contributed by atoms with Crippen LogP contribution in [-0.2, 0) is 0 Å². The van der Waals surface area contributed by atoms with E-state index in [2.05, 4.69) is 18.9 Å². The predicted molar refractivity (Wildman–Crippen MR) is 52.2 cm³/mol. The summed E-state index contributed by atoms with van der Waals surface area (Å²) in [6, 6.07) is 1.89. The van der Waals surface area contributed by atoms with Crippen molar-refractivity contribution in [1.29, 1.82) is 0 Å². The summed E-state index contributed by atoms with van der Waals surface area (Å²) in [4.78, 5) is 2.63. The fraction of sp³-hybridized carbons (Fsp3) is 1.00. The number of hydrogen-bond acceptors (Lipinski definition) is 1. The first-order chi connectivity index (χ1) is 5.81. The standard InChI is InChI=1S/C11H21N/c1-3-4-9-7-10-5-6-11(8-9)12(10)2/h9-11H,3-8H2,1-2H3. The average Bonchev–Trinajstić information content (AvgIpc) is 2.33. The maximum Gasteiger partial charge on any atom is 0.00983 e. The third-order valence-electron chi connectivity index (χ3n) is 3.89. The molecule has 1 nitrogen and oxygen atoms in total. The molecule has 12 heavy (non-hydrogen) atoms. The van der Waals surface area contributed by atoms with Crippen molar-refractivity contribution >= 4 is 0 Å². The zero-order chi connectivity index (χ0) is 8.55. The van der Waals surface area contributed by atoms with Crippen LogP contribution in [0.4, 0.5) is 0 Å². The number of rotatable bonds is 2. The first-order valence-corrected chi connectivity index (χ1v) is 5.53. The molecule has 0 aromatic heterocycles. The van der Waals surface area contributed by atoms with Crippen LogP contribution >= 0.6 is 0 Å². The monoisotopic (exact) mass is 167 g/mol. The van der Waals surface area contributed by atoms with Gasteiger partial charge in [0.15, 0.2) is 0 Å². The van der Waals surface area contributed by atoms with E-state index in [0.717, 1.165) is 18.0 Å². The lowest BCUT2D eigenvalue weighted by atomic mass is 9.88. The Morgan fingerprint density at radius 3 is 2.25 bits per heavy atom. The molecule has 0 radical (unpaired) electrons. The smallest absolute Gasteiger partial charge is 0.00983 e. The quantitative estimate of drug-likeness (QED) is 0.611. The second kappa shape index (κ2) is 3.37. The highest BCUT2D eigenvalue weighted by Crippen LogP contribution is 2.38.